The Hall–Kier alpha value is -3.48. The van der Waals surface area contributed by atoms with Gasteiger partial charge in [-0.05, 0) is 49.2 Å². The fourth-order valence-electron chi connectivity index (χ4n) is 2.86. The van der Waals surface area contributed by atoms with E-state index in [1.807, 2.05) is 0 Å². The number of hydrogen-bond donors (Lipinski definition) is 0. The maximum Gasteiger partial charge on any atom is 0.347 e. The van der Waals surface area contributed by atoms with Crippen molar-refractivity contribution >= 4 is 23.9 Å². The summed E-state index contributed by atoms with van der Waals surface area (Å²) in [6.45, 7) is 3.44. The van der Waals surface area contributed by atoms with Crippen molar-refractivity contribution < 1.29 is 33.4 Å². The Morgan fingerprint density at radius 1 is 0.720 bits per heavy atom. The van der Waals surface area contributed by atoms with E-state index in [2.05, 4.69) is 9.47 Å². The first-order chi connectivity index (χ1) is 11.9. The van der Waals surface area contributed by atoms with Crippen LogP contribution in [0.1, 0.15) is 52.6 Å². The van der Waals surface area contributed by atoms with Crippen molar-refractivity contribution in [3.05, 3.63) is 57.6 Å². The van der Waals surface area contributed by atoms with Crippen molar-refractivity contribution in [1.29, 1.82) is 0 Å². The van der Waals surface area contributed by atoms with Gasteiger partial charge in [0.2, 0.25) is 0 Å². The van der Waals surface area contributed by atoms with Gasteiger partial charge in [-0.3, -0.25) is 0 Å². The van der Waals surface area contributed by atoms with Crippen molar-refractivity contribution in [2.24, 2.45) is 0 Å². The second-order valence-corrected chi connectivity index (χ2v) is 5.71. The summed E-state index contributed by atoms with van der Waals surface area (Å²) < 4.78 is 14.9. The van der Waals surface area contributed by atoms with Crippen molar-refractivity contribution in [2.45, 2.75) is 13.8 Å². The van der Waals surface area contributed by atoms with Crippen LogP contribution in [0.3, 0.4) is 0 Å². The van der Waals surface area contributed by atoms with Crippen LogP contribution in [0.25, 0.3) is 0 Å². The first-order valence-corrected chi connectivity index (χ1v) is 7.36. The van der Waals surface area contributed by atoms with Crippen LogP contribution in [-0.4, -0.2) is 23.9 Å². The standard InChI is InChI=1S/C18H10O7/c1-7-8(2)14-12(17(21)25-18(14)22)6-13(7)23-9-3-4-10-11(5-9)16(20)24-15(10)19/h3-6H,1-2H3. The fraction of sp³-hybridized carbons (Fsp3) is 0.111. The van der Waals surface area contributed by atoms with Gasteiger partial charge in [0.25, 0.3) is 0 Å². The molecule has 2 aromatic carbocycles. The summed E-state index contributed by atoms with van der Waals surface area (Å²) >= 11 is 0. The number of carbonyl (C=O) groups is 4. The van der Waals surface area contributed by atoms with Crippen LogP contribution in [0.2, 0.25) is 0 Å². The number of benzene rings is 2. The van der Waals surface area contributed by atoms with Crippen molar-refractivity contribution in [3.63, 3.8) is 0 Å². The van der Waals surface area contributed by atoms with Crippen molar-refractivity contribution in [2.75, 3.05) is 0 Å². The van der Waals surface area contributed by atoms with E-state index in [-0.39, 0.29) is 22.3 Å². The molecule has 7 heteroatoms. The quantitative estimate of drug-likeness (QED) is 0.613. The third-order valence-corrected chi connectivity index (χ3v) is 4.31. The third-order valence-electron chi connectivity index (χ3n) is 4.31. The summed E-state index contributed by atoms with van der Waals surface area (Å²) in [7, 11) is 0. The Balaban J connectivity index is 1.77. The lowest BCUT2D eigenvalue weighted by Gasteiger charge is -2.13. The van der Waals surface area contributed by atoms with Gasteiger partial charge in [0.05, 0.1) is 22.3 Å². The second kappa shape index (κ2) is 5.01. The lowest BCUT2D eigenvalue weighted by atomic mass is 9.98. The zero-order chi connectivity index (χ0) is 17.9. The highest BCUT2D eigenvalue weighted by Gasteiger charge is 2.34. The number of fused-ring (bicyclic) bond motifs is 2. The molecule has 124 valence electrons. The van der Waals surface area contributed by atoms with Crippen LogP contribution in [0.5, 0.6) is 11.5 Å². The van der Waals surface area contributed by atoms with Gasteiger partial charge in [-0.2, -0.15) is 0 Å². The predicted molar refractivity (Wildman–Crippen MR) is 81.9 cm³/mol. The Kier molecular flexibility index (Phi) is 3.02. The molecule has 2 aromatic rings. The molecule has 0 atom stereocenters. The number of hydrogen-bond acceptors (Lipinski definition) is 7. The predicted octanol–water partition coefficient (Wildman–Crippen LogP) is 2.72. The molecule has 0 aromatic heterocycles. The molecule has 0 aliphatic carbocycles. The Morgan fingerprint density at radius 2 is 1.36 bits per heavy atom. The molecule has 4 rings (SSSR count). The van der Waals surface area contributed by atoms with Gasteiger partial charge in [0.15, 0.2) is 0 Å². The summed E-state index contributed by atoms with van der Waals surface area (Å²) in [5, 5.41) is 0. The SMILES string of the molecule is Cc1c(Oc2ccc3c(c2)C(=O)OC3=O)cc2c(c1C)C(=O)OC2=O. The summed E-state index contributed by atoms with van der Waals surface area (Å²) in [5.74, 6) is -2.19. The summed E-state index contributed by atoms with van der Waals surface area (Å²) in [6.07, 6.45) is 0. The lowest BCUT2D eigenvalue weighted by Crippen LogP contribution is -2.01. The zero-order valence-corrected chi connectivity index (χ0v) is 13.2. The Labute approximate surface area is 141 Å². The first-order valence-electron chi connectivity index (χ1n) is 7.36. The number of ether oxygens (including phenoxy) is 3. The lowest BCUT2D eigenvalue weighted by molar-refractivity contribution is 0.0425. The number of cyclic esters (lactones) is 4. The van der Waals surface area contributed by atoms with E-state index < -0.39 is 23.9 Å². The molecule has 7 nitrogen and oxygen atoms in total. The Bertz CT molecular complexity index is 1020. The minimum Gasteiger partial charge on any atom is -0.457 e. The molecule has 0 radical (unpaired) electrons. The summed E-state index contributed by atoms with van der Waals surface area (Å²) in [5.41, 5.74) is 1.90. The maximum absolute atomic E-state index is 11.8. The molecule has 0 saturated heterocycles. The van der Waals surface area contributed by atoms with Crippen LogP contribution in [0, 0.1) is 13.8 Å². The van der Waals surface area contributed by atoms with Crippen LogP contribution < -0.4 is 4.74 Å². The van der Waals surface area contributed by atoms with E-state index >= 15 is 0 Å². The van der Waals surface area contributed by atoms with Crippen LogP contribution in [-0.2, 0) is 9.47 Å². The van der Waals surface area contributed by atoms with Crippen molar-refractivity contribution in [1.82, 2.24) is 0 Å². The van der Waals surface area contributed by atoms with E-state index in [1.54, 1.807) is 13.8 Å². The molecule has 0 fully saturated rings. The Morgan fingerprint density at radius 3 is 2.12 bits per heavy atom. The van der Waals surface area contributed by atoms with Crippen LogP contribution in [0.15, 0.2) is 24.3 Å². The molecule has 25 heavy (non-hydrogen) atoms. The zero-order valence-electron chi connectivity index (χ0n) is 13.2. The number of esters is 4. The second-order valence-electron chi connectivity index (χ2n) is 5.71. The first kappa shape index (κ1) is 15.1. The van der Waals surface area contributed by atoms with E-state index in [0.717, 1.165) is 0 Å². The highest BCUT2D eigenvalue weighted by molar-refractivity contribution is 6.16. The molecule has 0 saturated carbocycles. The molecule has 0 spiro atoms. The molecule has 0 amide bonds. The molecule has 2 aliphatic rings. The van der Waals surface area contributed by atoms with Gasteiger partial charge in [-0.15, -0.1) is 0 Å². The van der Waals surface area contributed by atoms with Gasteiger partial charge in [-0.25, -0.2) is 19.2 Å². The highest BCUT2D eigenvalue weighted by Crippen LogP contribution is 2.35. The topological polar surface area (TPSA) is 96.0 Å². The minimum absolute atomic E-state index is 0.118. The van der Waals surface area contributed by atoms with Gasteiger partial charge < -0.3 is 14.2 Å². The van der Waals surface area contributed by atoms with E-state index in [1.165, 1.54) is 24.3 Å². The van der Waals surface area contributed by atoms with Crippen molar-refractivity contribution in [3.8, 4) is 11.5 Å². The number of carbonyl (C=O) groups excluding carboxylic acids is 4. The van der Waals surface area contributed by atoms with Gasteiger partial charge in [-0.1, -0.05) is 0 Å². The van der Waals surface area contributed by atoms with E-state index in [4.69, 9.17) is 4.74 Å². The fourth-order valence-corrected chi connectivity index (χ4v) is 2.86. The molecule has 2 aliphatic heterocycles. The van der Waals surface area contributed by atoms with Crippen LogP contribution >= 0.6 is 0 Å². The average Bonchev–Trinajstić information content (AvgIpc) is 3.01. The molecule has 0 bridgehead atoms. The summed E-state index contributed by atoms with van der Waals surface area (Å²) in [6, 6.07) is 5.78. The van der Waals surface area contributed by atoms with Gasteiger partial charge in [0, 0.05) is 0 Å². The van der Waals surface area contributed by atoms with Gasteiger partial charge >= 0.3 is 23.9 Å². The minimum atomic E-state index is -0.735. The molecule has 0 unspecified atom stereocenters. The van der Waals surface area contributed by atoms with E-state index in [0.29, 0.717) is 22.6 Å². The molecule has 2 heterocycles. The number of rotatable bonds is 2. The largest absolute Gasteiger partial charge is 0.457 e. The molecular weight excluding hydrogens is 328 g/mol. The highest BCUT2D eigenvalue weighted by atomic mass is 16.6. The molecule has 0 N–H and O–H groups in total. The van der Waals surface area contributed by atoms with Crippen LogP contribution in [0.4, 0.5) is 0 Å². The monoisotopic (exact) mass is 338 g/mol. The smallest absolute Gasteiger partial charge is 0.347 e. The average molecular weight is 338 g/mol. The molecular formula is C18H10O7. The maximum atomic E-state index is 11.8. The summed E-state index contributed by atoms with van der Waals surface area (Å²) in [4.78, 5) is 46.6. The normalized spacial score (nSPS) is 15.0. The third kappa shape index (κ3) is 2.13. The van der Waals surface area contributed by atoms with E-state index in [9.17, 15) is 19.2 Å². The van der Waals surface area contributed by atoms with Gasteiger partial charge in [0.1, 0.15) is 11.5 Å².